The maximum Gasteiger partial charge on any atom is 0.417 e. The molecule has 0 radical (unpaired) electrons. The summed E-state index contributed by atoms with van der Waals surface area (Å²) in [6.07, 6.45) is -4.52. The van der Waals surface area contributed by atoms with Gasteiger partial charge in [-0.1, -0.05) is 18.2 Å². The van der Waals surface area contributed by atoms with Gasteiger partial charge in [-0.15, -0.1) is 10.2 Å². The van der Waals surface area contributed by atoms with E-state index < -0.39 is 29.3 Å². The highest BCUT2D eigenvalue weighted by molar-refractivity contribution is 5.95. The number of alkyl halides is 3. The van der Waals surface area contributed by atoms with E-state index in [0.29, 0.717) is 23.7 Å². The largest absolute Gasteiger partial charge is 0.487 e. The number of carbonyl (C=O) groups excluding carboxylic acids is 1. The Labute approximate surface area is 182 Å². The van der Waals surface area contributed by atoms with E-state index in [0.717, 1.165) is 28.8 Å². The van der Waals surface area contributed by atoms with E-state index in [1.807, 2.05) is 19.1 Å². The first kappa shape index (κ1) is 21.6. The summed E-state index contributed by atoms with van der Waals surface area (Å²) < 4.78 is 50.7. The lowest BCUT2D eigenvalue weighted by Crippen LogP contribution is -2.35. The molecule has 1 aliphatic heterocycles. The molecule has 0 saturated carbocycles. The van der Waals surface area contributed by atoms with Gasteiger partial charge in [0.15, 0.2) is 0 Å². The van der Waals surface area contributed by atoms with Crippen molar-refractivity contribution in [2.75, 3.05) is 13.7 Å². The Hall–Kier alpha value is -3.62. The topological polar surface area (TPSA) is 73.3 Å². The Morgan fingerprint density at radius 3 is 2.66 bits per heavy atom. The first-order chi connectivity index (χ1) is 15.3. The number of ether oxygens (including phenoxy) is 2. The lowest BCUT2D eigenvalue weighted by molar-refractivity contribution is -0.137. The summed E-state index contributed by atoms with van der Waals surface area (Å²) in [6, 6.07) is 12.1. The fourth-order valence-electron chi connectivity index (χ4n) is 3.70. The molecule has 1 unspecified atom stereocenters. The van der Waals surface area contributed by atoms with Gasteiger partial charge in [-0.25, -0.2) is 0 Å². The van der Waals surface area contributed by atoms with Crippen LogP contribution in [0.2, 0.25) is 0 Å². The normalized spacial score (nSPS) is 15.1. The smallest absolute Gasteiger partial charge is 0.417 e. The van der Waals surface area contributed by atoms with Gasteiger partial charge in [0.2, 0.25) is 5.88 Å². The third-order valence-electron chi connectivity index (χ3n) is 5.13. The summed E-state index contributed by atoms with van der Waals surface area (Å²) in [7, 11) is 1.50. The molecule has 0 bridgehead atoms. The zero-order valence-corrected chi connectivity index (χ0v) is 17.4. The van der Waals surface area contributed by atoms with Crippen molar-refractivity contribution in [3.05, 3.63) is 70.8 Å². The number of halogens is 3. The minimum Gasteiger partial charge on any atom is -0.487 e. The summed E-state index contributed by atoms with van der Waals surface area (Å²) in [5.41, 5.74) is 1.92. The molecule has 0 aliphatic carbocycles. The van der Waals surface area contributed by atoms with Gasteiger partial charge in [0, 0.05) is 18.1 Å². The number of nitrogens with zero attached hydrogens (tertiary/aromatic N) is 2. The van der Waals surface area contributed by atoms with Crippen LogP contribution >= 0.6 is 0 Å². The molecule has 1 amide bonds. The summed E-state index contributed by atoms with van der Waals surface area (Å²) in [6.45, 7) is 2.01. The van der Waals surface area contributed by atoms with Crippen molar-refractivity contribution in [1.82, 2.24) is 15.5 Å². The van der Waals surface area contributed by atoms with Crippen molar-refractivity contribution in [3.63, 3.8) is 0 Å². The number of carbonyl (C=O) groups is 1. The van der Waals surface area contributed by atoms with E-state index in [-0.39, 0.29) is 6.54 Å². The quantitative estimate of drug-likeness (QED) is 0.640. The van der Waals surface area contributed by atoms with E-state index >= 15 is 0 Å². The molecule has 3 aromatic rings. The molecule has 166 valence electrons. The van der Waals surface area contributed by atoms with Crippen LogP contribution in [0.25, 0.3) is 11.3 Å². The molecular formula is C23H20F3N3O3. The lowest BCUT2D eigenvalue weighted by Gasteiger charge is -2.15. The van der Waals surface area contributed by atoms with Gasteiger partial charge in [-0.3, -0.25) is 4.79 Å². The van der Waals surface area contributed by atoms with Crippen molar-refractivity contribution >= 4 is 5.91 Å². The van der Waals surface area contributed by atoms with Gasteiger partial charge in [0.05, 0.1) is 30.5 Å². The first-order valence-corrected chi connectivity index (χ1v) is 9.89. The molecule has 2 heterocycles. The van der Waals surface area contributed by atoms with Gasteiger partial charge in [0.25, 0.3) is 5.91 Å². The van der Waals surface area contributed by atoms with Crippen LogP contribution in [0.15, 0.2) is 48.5 Å². The minimum atomic E-state index is -4.61. The number of aryl methyl sites for hydroxylation is 1. The molecule has 1 aliphatic rings. The zero-order chi connectivity index (χ0) is 22.9. The van der Waals surface area contributed by atoms with E-state index in [9.17, 15) is 18.0 Å². The highest BCUT2D eigenvalue weighted by atomic mass is 19.4. The van der Waals surface area contributed by atoms with Gasteiger partial charge < -0.3 is 14.8 Å². The van der Waals surface area contributed by atoms with Crippen molar-refractivity contribution < 1.29 is 27.4 Å². The highest BCUT2D eigenvalue weighted by Crippen LogP contribution is 2.39. The molecule has 1 atom stereocenters. The van der Waals surface area contributed by atoms with Crippen molar-refractivity contribution in [3.8, 4) is 22.9 Å². The van der Waals surface area contributed by atoms with Crippen molar-refractivity contribution in [2.45, 2.75) is 25.6 Å². The maximum atomic E-state index is 13.2. The first-order valence-electron chi connectivity index (χ1n) is 9.89. The van der Waals surface area contributed by atoms with Crippen LogP contribution in [0.3, 0.4) is 0 Å². The predicted octanol–water partition coefficient (Wildman–Crippen LogP) is 4.21. The number of benzene rings is 2. The van der Waals surface area contributed by atoms with Gasteiger partial charge in [-0.05, 0) is 42.3 Å². The molecule has 6 nitrogen and oxygen atoms in total. The number of methoxy groups -OCH3 is 1. The molecule has 4 rings (SSSR count). The zero-order valence-electron chi connectivity index (χ0n) is 17.4. The maximum absolute atomic E-state index is 13.2. The molecule has 0 fully saturated rings. The molecule has 1 aromatic heterocycles. The molecule has 0 saturated heterocycles. The Morgan fingerprint density at radius 2 is 1.97 bits per heavy atom. The fraction of sp³-hybridized carbons (Fsp3) is 0.261. The second-order valence-electron chi connectivity index (χ2n) is 7.46. The SMILES string of the molecule is COc1ccc(-c2cc(C)cc3c2OC(CNC(=O)c2ccccc2C(F)(F)F)C3)nn1. The molecule has 32 heavy (non-hydrogen) atoms. The average molecular weight is 443 g/mol. The second-order valence-corrected chi connectivity index (χ2v) is 7.46. The van der Waals surface area contributed by atoms with Gasteiger partial charge in [-0.2, -0.15) is 13.2 Å². The standard InChI is InChI=1S/C23H20F3N3O3/c1-13-9-14-11-15(12-27-22(30)16-5-3-4-6-18(16)23(24,25)26)32-21(14)17(10-13)19-7-8-20(31-2)29-28-19/h3-10,15H,11-12H2,1-2H3,(H,27,30). The van der Waals surface area contributed by atoms with Crippen LogP contribution in [0.4, 0.5) is 13.2 Å². The van der Waals surface area contributed by atoms with Gasteiger partial charge in [0.1, 0.15) is 11.9 Å². The molecule has 1 N–H and O–H groups in total. The summed E-state index contributed by atoms with van der Waals surface area (Å²) in [5, 5.41) is 10.7. The predicted molar refractivity (Wildman–Crippen MR) is 111 cm³/mol. The number of amides is 1. The van der Waals surface area contributed by atoms with E-state index in [2.05, 4.69) is 15.5 Å². The van der Waals surface area contributed by atoms with Crippen LogP contribution in [0.1, 0.15) is 27.0 Å². The average Bonchev–Trinajstić information content (AvgIpc) is 3.19. The second kappa shape index (κ2) is 8.49. The summed E-state index contributed by atoms with van der Waals surface area (Å²) in [4.78, 5) is 12.4. The third kappa shape index (κ3) is 4.37. The lowest BCUT2D eigenvalue weighted by atomic mass is 10.0. The minimum absolute atomic E-state index is 0.0620. The number of aromatic nitrogens is 2. The Balaban J connectivity index is 1.50. The Morgan fingerprint density at radius 1 is 1.19 bits per heavy atom. The van der Waals surface area contributed by atoms with E-state index in [4.69, 9.17) is 9.47 Å². The fourth-order valence-corrected chi connectivity index (χ4v) is 3.70. The Kier molecular flexibility index (Phi) is 5.73. The number of nitrogens with one attached hydrogen (secondary N) is 1. The van der Waals surface area contributed by atoms with E-state index in [1.54, 1.807) is 12.1 Å². The molecule has 0 spiro atoms. The number of hydrogen-bond acceptors (Lipinski definition) is 5. The van der Waals surface area contributed by atoms with Gasteiger partial charge >= 0.3 is 6.18 Å². The third-order valence-corrected chi connectivity index (χ3v) is 5.13. The van der Waals surface area contributed by atoms with Crippen molar-refractivity contribution in [1.29, 1.82) is 0 Å². The van der Waals surface area contributed by atoms with Crippen molar-refractivity contribution in [2.24, 2.45) is 0 Å². The number of hydrogen-bond donors (Lipinski definition) is 1. The molecule has 2 aromatic carbocycles. The van der Waals surface area contributed by atoms with Crippen LogP contribution in [-0.2, 0) is 12.6 Å². The number of rotatable bonds is 5. The highest BCUT2D eigenvalue weighted by Gasteiger charge is 2.35. The monoisotopic (exact) mass is 443 g/mol. The van der Waals surface area contributed by atoms with Crippen LogP contribution in [0.5, 0.6) is 11.6 Å². The molecular weight excluding hydrogens is 423 g/mol. The van der Waals surface area contributed by atoms with Crippen LogP contribution < -0.4 is 14.8 Å². The van der Waals surface area contributed by atoms with E-state index in [1.165, 1.54) is 19.2 Å². The Bertz CT molecular complexity index is 1150. The summed E-state index contributed by atoms with van der Waals surface area (Å²) in [5.74, 6) is 0.221. The molecule has 9 heteroatoms. The van der Waals surface area contributed by atoms with Crippen LogP contribution in [0, 0.1) is 6.92 Å². The number of fused-ring (bicyclic) bond motifs is 1. The van der Waals surface area contributed by atoms with Crippen LogP contribution in [-0.4, -0.2) is 35.9 Å². The summed E-state index contributed by atoms with van der Waals surface area (Å²) >= 11 is 0.